The Labute approximate surface area is 144 Å². The van der Waals surface area contributed by atoms with E-state index in [1.54, 1.807) is 36.4 Å². The predicted molar refractivity (Wildman–Crippen MR) is 93.7 cm³/mol. The van der Waals surface area contributed by atoms with Crippen molar-refractivity contribution < 1.29 is 19.2 Å². The predicted octanol–water partition coefficient (Wildman–Crippen LogP) is 3.29. The van der Waals surface area contributed by atoms with Gasteiger partial charge in [0, 0.05) is 5.56 Å². The molecule has 5 heteroatoms. The molecule has 25 heavy (non-hydrogen) atoms. The van der Waals surface area contributed by atoms with Crippen LogP contribution < -0.4 is 4.90 Å². The Bertz CT molecular complexity index is 939. The number of fused-ring (bicyclic) bond motifs is 1. The fourth-order valence-corrected chi connectivity index (χ4v) is 2.64. The van der Waals surface area contributed by atoms with Crippen LogP contribution in [0.5, 0.6) is 0 Å². The van der Waals surface area contributed by atoms with Crippen LogP contribution in [0.3, 0.4) is 0 Å². The molecule has 2 aromatic carbocycles. The topological polar surface area (TPSA) is 71.5 Å². The van der Waals surface area contributed by atoms with E-state index < -0.39 is 11.8 Å². The van der Waals surface area contributed by atoms with Crippen molar-refractivity contribution in [2.45, 2.75) is 13.8 Å². The fourth-order valence-electron chi connectivity index (χ4n) is 2.64. The number of hydrogen-bond donors (Lipinski definition) is 0. The highest BCUT2D eigenvalue weighted by atomic mass is 16.2. The minimum Gasteiger partial charge on any atom is -0.295 e. The third-order valence-corrected chi connectivity index (χ3v) is 3.95. The molecule has 2 amide bonds. The third kappa shape index (κ3) is 3.04. The van der Waals surface area contributed by atoms with Crippen LogP contribution in [0, 0.1) is 0 Å². The average molecular weight is 333 g/mol. The Morgan fingerprint density at radius 3 is 2.12 bits per heavy atom. The lowest BCUT2D eigenvalue weighted by Crippen LogP contribution is -2.29. The number of anilines is 1. The molecule has 0 N–H and O–H groups in total. The molecule has 0 saturated heterocycles. The van der Waals surface area contributed by atoms with E-state index in [2.05, 4.69) is 0 Å². The Hall–Kier alpha value is -3.34. The Balaban J connectivity index is 1.94. The van der Waals surface area contributed by atoms with Crippen molar-refractivity contribution >= 4 is 35.1 Å². The highest BCUT2D eigenvalue weighted by Crippen LogP contribution is 2.29. The van der Waals surface area contributed by atoms with Gasteiger partial charge in [-0.2, -0.15) is 0 Å². The molecule has 5 nitrogen and oxygen atoms in total. The van der Waals surface area contributed by atoms with Gasteiger partial charge in [-0.05, 0) is 49.8 Å². The first-order valence-corrected chi connectivity index (χ1v) is 7.71. The monoisotopic (exact) mass is 333 g/mol. The van der Waals surface area contributed by atoms with E-state index in [1.807, 2.05) is 0 Å². The maximum absolute atomic E-state index is 12.6. The summed E-state index contributed by atoms with van der Waals surface area (Å²) >= 11 is 0. The summed E-state index contributed by atoms with van der Waals surface area (Å²) < 4.78 is 0. The van der Waals surface area contributed by atoms with Crippen LogP contribution in [0.2, 0.25) is 0 Å². The van der Waals surface area contributed by atoms with E-state index in [1.165, 1.54) is 32.1 Å². The molecule has 3 rings (SSSR count). The molecule has 0 fully saturated rings. The fraction of sp³-hybridized carbons (Fsp3) is 0.100. The number of hydrogen-bond acceptors (Lipinski definition) is 4. The molecule has 0 unspecified atom stereocenters. The molecule has 0 spiro atoms. The molecule has 124 valence electrons. The van der Waals surface area contributed by atoms with E-state index in [0.717, 1.165) is 10.5 Å². The van der Waals surface area contributed by atoms with E-state index in [-0.39, 0.29) is 22.7 Å². The molecule has 0 radical (unpaired) electrons. The van der Waals surface area contributed by atoms with Gasteiger partial charge in [-0.1, -0.05) is 24.3 Å². The van der Waals surface area contributed by atoms with Gasteiger partial charge < -0.3 is 0 Å². The molecule has 1 aliphatic heterocycles. The molecule has 0 saturated carbocycles. The van der Waals surface area contributed by atoms with Gasteiger partial charge in [-0.25, -0.2) is 4.90 Å². The van der Waals surface area contributed by atoms with E-state index in [0.29, 0.717) is 11.3 Å². The lowest BCUT2D eigenvalue weighted by atomic mass is 10.0. The number of allylic oxidation sites excluding steroid dienone is 1. The van der Waals surface area contributed by atoms with Gasteiger partial charge >= 0.3 is 0 Å². The first-order chi connectivity index (χ1) is 11.9. The van der Waals surface area contributed by atoms with E-state index in [9.17, 15) is 19.2 Å². The smallest absolute Gasteiger partial charge is 0.266 e. The van der Waals surface area contributed by atoms with E-state index >= 15 is 0 Å². The van der Waals surface area contributed by atoms with Crippen molar-refractivity contribution in [3.63, 3.8) is 0 Å². The highest BCUT2D eigenvalue weighted by molar-refractivity contribution is 6.34. The van der Waals surface area contributed by atoms with Gasteiger partial charge in [0.2, 0.25) is 0 Å². The number of amides is 2. The lowest BCUT2D eigenvalue weighted by molar-refractivity contribution is -0.112. The van der Waals surface area contributed by atoms with Crippen LogP contribution in [0.4, 0.5) is 5.69 Å². The summed E-state index contributed by atoms with van der Waals surface area (Å²) in [6.07, 6.45) is 3.11. The summed E-state index contributed by atoms with van der Waals surface area (Å²) in [5.74, 6) is -1.09. The zero-order valence-corrected chi connectivity index (χ0v) is 13.8. The van der Waals surface area contributed by atoms with Crippen molar-refractivity contribution in [3.05, 3.63) is 70.8 Å². The zero-order chi connectivity index (χ0) is 18.1. The average Bonchev–Trinajstić information content (AvgIpc) is 2.84. The van der Waals surface area contributed by atoms with Crippen LogP contribution >= 0.6 is 0 Å². The van der Waals surface area contributed by atoms with Crippen LogP contribution in [0.25, 0.3) is 6.08 Å². The molecule has 1 heterocycles. The van der Waals surface area contributed by atoms with Crippen molar-refractivity contribution in [1.82, 2.24) is 0 Å². The molecular formula is C20H15NO4. The number of rotatable bonds is 4. The summed E-state index contributed by atoms with van der Waals surface area (Å²) in [5, 5.41) is 0. The Morgan fingerprint density at radius 1 is 0.880 bits per heavy atom. The van der Waals surface area contributed by atoms with Gasteiger partial charge in [0.1, 0.15) is 0 Å². The summed E-state index contributed by atoms with van der Waals surface area (Å²) in [4.78, 5) is 48.7. The summed E-state index contributed by atoms with van der Waals surface area (Å²) in [6, 6.07) is 11.3. The minimum atomic E-state index is -0.449. The number of nitrogens with zero attached hydrogens (tertiary/aromatic N) is 1. The van der Waals surface area contributed by atoms with Crippen LogP contribution in [0.1, 0.15) is 50.5 Å². The summed E-state index contributed by atoms with van der Waals surface area (Å²) in [6.45, 7) is 2.87. The minimum absolute atomic E-state index is 0.0642. The van der Waals surface area contributed by atoms with Crippen molar-refractivity contribution in [2.75, 3.05) is 4.90 Å². The number of carbonyl (C=O) groups is 4. The third-order valence-electron chi connectivity index (χ3n) is 3.95. The first-order valence-electron chi connectivity index (χ1n) is 7.71. The van der Waals surface area contributed by atoms with Gasteiger partial charge in [0.15, 0.2) is 11.6 Å². The molecule has 0 aromatic heterocycles. The summed E-state index contributed by atoms with van der Waals surface area (Å²) in [5.41, 5.74) is 2.14. The first kappa shape index (κ1) is 16.5. The summed E-state index contributed by atoms with van der Waals surface area (Å²) in [7, 11) is 0. The quantitative estimate of drug-likeness (QED) is 0.489. The van der Waals surface area contributed by atoms with Crippen LogP contribution in [0.15, 0.2) is 48.5 Å². The number of carbonyl (C=O) groups excluding carboxylic acids is 4. The van der Waals surface area contributed by atoms with Gasteiger partial charge in [0.25, 0.3) is 11.8 Å². The molecular weight excluding hydrogens is 318 g/mol. The largest absolute Gasteiger partial charge is 0.295 e. The second kappa shape index (κ2) is 6.28. The maximum Gasteiger partial charge on any atom is 0.266 e. The molecule has 1 aliphatic rings. The second-order valence-corrected chi connectivity index (χ2v) is 5.80. The zero-order valence-electron chi connectivity index (χ0n) is 13.8. The number of Topliss-reactive ketones (excluding diaryl/α,β-unsaturated/α-hetero) is 1. The molecule has 0 bridgehead atoms. The molecule has 0 atom stereocenters. The Morgan fingerprint density at radius 2 is 1.52 bits per heavy atom. The second-order valence-electron chi connectivity index (χ2n) is 5.80. The standard InChI is InChI=1S/C20H15NO4/c1-12(22)3-4-14-5-8-16(9-6-14)21-19(24)17-10-7-15(13(2)23)11-18(17)20(21)25/h3-11H,1-2H3. The van der Waals surface area contributed by atoms with Crippen molar-refractivity contribution in [1.29, 1.82) is 0 Å². The van der Waals surface area contributed by atoms with Crippen molar-refractivity contribution in [3.8, 4) is 0 Å². The van der Waals surface area contributed by atoms with Crippen LogP contribution in [-0.2, 0) is 4.79 Å². The maximum atomic E-state index is 12.6. The number of imide groups is 1. The number of benzene rings is 2. The van der Waals surface area contributed by atoms with Crippen LogP contribution in [-0.4, -0.2) is 23.4 Å². The van der Waals surface area contributed by atoms with Gasteiger partial charge in [-0.15, -0.1) is 0 Å². The molecule has 0 aliphatic carbocycles. The van der Waals surface area contributed by atoms with E-state index in [4.69, 9.17) is 0 Å². The number of ketones is 2. The molecule has 2 aromatic rings. The SMILES string of the molecule is CC(=O)C=Cc1ccc(N2C(=O)c3ccc(C(C)=O)cc3C2=O)cc1. The highest BCUT2D eigenvalue weighted by Gasteiger charge is 2.36. The lowest BCUT2D eigenvalue weighted by Gasteiger charge is -2.13. The van der Waals surface area contributed by atoms with Crippen molar-refractivity contribution in [2.24, 2.45) is 0 Å². The Kier molecular flexibility index (Phi) is 4.15. The normalized spacial score (nSPS) is 13.4. The van der Waals surface area contributed by atoms with Gasteiger partial charge in [0.05, 0.1) is 16.8 Å². The van der Waals surface area contributed by atoms with Gasteiger partial charge in [-0.3, -0.25) is 19.2 Å².